The van der Waals surface area contributed by atoms with E-state index in [4.69, 9.17) is 12.8 Å². The molecule has 2 N–H and O–H groups in total. The van der Waals surface area contributed by atoms with Gasteiger partial charge in [0.15, 0.2) is 0 Å². The van der Waals surface area contributed by atoms with E-state index in [0.29, 0.717) is 29.7 Å². The Morgan fingerprint density at radius 1 is 0.707 bits per heavy atom. The van der Waals surface area contributed by atoms with Crippen LogP contribution >= 0.6 is 0 Å². The lowest BCUT2D eigenvalue weighted by Gasteiger charge is -2.63. The zero-order valence-corrected chi connectivity index (χ0v) is 28.9. The van der Waals surface area contributed by atoms with Crippen LogP contribution in [0.5, 0.6) is 0 Å². The van der Waals surface area contributed by atoms with Crippen LogP contribution in [0, 0.1) is 59.2 Å². The van der Waals surface area contributed by atoms with Gasteiger partial charge in [-0.15, -0.1) is 12.8 Å². The van der Waals surface area contributed by atoms with Crippen molar-refractivity contribution in [1.82, 2.24) is 0 Å². The molecule has 0 radical (unpaired) electrons. The van der Waals surface area contributed by atoms with Crippen molar-refractivity contribution < 1.29 is 53.1 Å². The van der Waals surface area contributed by atoms with Crippen LogP contribution in [-0.4, -0.2) is 82.7 Å². The fourth-order valence-electron chi connectivity index (χ4n) is 12.2. The summed E-state index contributed by atoms with van der Waals surface area (Å²) in [5, 5.41) is 23.7. The smallest absolute Gasteiger partial charge is 0.140 e. The molecule has 4 nitrogen and oxygen atoms in total. The summed E-state index contributed by atoms with van der Waals surface area (Å²) >= 11 is 0. The van der Waals surface area contributed by atoms with Gasteiger partial charge in [0.1, 0.15) is 37.4 Å². The fourth-order valence-corrected chi connectivity index (χ4v) is 12.2. The van der Waals surface area contributed by atoms with E-state index in [9.17, 15) is 10.2 Å². The fraction of sp³-hybridized carbons (Fsp3) is 0.886. The maximum atomic E-state index is 12.1. The van der Waals surface area contributed by atoms with E-state index in [1.165, 1.54) is 57.8 Å². The third kappa shape index (κ3) is 5.32. The molecule has 10 atom stereocenters. The average Bonchev–Trinajstić information content (AvgIpc) is 3.21. The lowest BCUT2D eigenvalue weighted by Crippen LogP contribution is -3.00. The van der Waals surface area contributed by atoms with Crippen molar-refractivity contribution in [3.8, 4) is 24.7 Å². The zero-order valence-electron chi connectivity index (χ0n) is 25.8. The summed E-state index contributed by atoms with van der Waals surface area (Å²) in [5.74, 6) is 8.70. The Morgan fingerprint density at radius 3 is 1.83 bits per heavy atom. The van der Waals surface area contributed by atoms with Gasteiger partial charge >= 0.3 is 0 Å². The van der Waals surface area contributed by atoms with Gasteiger partial charge in [0.25, 0.3) is 0 Å². The molecule has 232 valence electrons. The number of halogens is 2. The Balaban J connectivity index is 0.00000194. The molecular weight excluding hydrogens is 640 g/mol. The van der Waals surface area contributed by atoms with Crippen LogP contribution in [0.2, 0.25) is 0 Å². The minimum absolute atomic E-state index is 0. The van der Waals surface area contributed by atoms with E-state index in [1.807, 2.05) is 0 Å². The summed E-state index contributed by atoms with van der Waals surface area (Å²) in [7, 11) is 0. The molecule has 6 aliphatic rings. The molecule has 6 rings (SSSR count). The first-order chi connectivity index (χ1) is 18.7. The molecule has 41 heavy (non-hydrogen) atoms. The maximum absolute atomic E-state index is 12.1. The quantitative estimate of drug-likeness (QED) is 0.293. The number of quaternary nitrogens is 2. The number of aliphatic hydroxyl groups excluding tert-OH is 2. The van der Waals surface area contributed by atoms with E-state index in [1.54, 1.807) is 0 Å². The van der Waals surface area contributed by atoms with Crippen molar-refractivity contribution in [3.05, 3.63) is 0 Å². The normalized spacial score (nSPS) is 46.2. The highest BCUT2D eigenvalue weighted by Gasteiger charge is 2.67. The van der Waals surface area contributed by atoms with E-state index in [2.05, 4.69) is 25.7 Å². The highest BCUT2D eigenvalue weighted by atomic mass is 79.9. The number of hydrogen-bond acceptors (Lipinski definition) is 2. The molecule has 2 aliphatic heterocycles. The molecule has 6 heteroatoms. The topological polar surface area (TPSA) is 40.5 Å². The standard InChI is InChI=1S/C35H56N2O2.2BrH/c1-5-17-36(19-9-7-10-20-36)30-24-29-27-14-13-26-23-32(38)31(37(18-6-2)21-11-8-12-22-37)25-35(26,4)28(27)15-16-34(29,3)33(30)39;;/h1-2,26-33,38-39H,7-25H2,3-4H3;2*1H/q+2;;/p-2/t26-,27?,28?,29?,30?,31?,32-,33-,34-,35-;;/m0../s1. The van der Waals surface area contributed by atoms with Crippen LogP contribution in [0.4, 0.5) is 0 Å². The molecule has 0 bridgehead atoms. The first kappa shape index (κ1) is 33.8. The molecule has 4 aliphatic carbocycles. The SMILES string of the molecule is C#CC[N+]1(C2C[C@]3(C)C4CC[C@@]5(C)C(CC([N+]6(CC#C)CCCCC6)[C@@H]5O)C4CC[C@H]3C[C@@H]2O)CCCCC1.[Br-].[Br-]. The Morgan fingerprint density at radius 2 is 1.27 bits per heavy atom. The number of fused-ring (bicyclic) bond motifs is 5. The number of likely N-dealkylation sites (tertiary alicyclic amines) is 2. The highest BCUT2D eigenvalue weighted by molar-refractivity contribution is 5.13. The van der Waals surface area contributed by atoms with Crippen molar-refractivity contribution in [2.75, 3.05) is 39.3 Å². The molecule has 0 amide bonds. The van der Waals surface area contributed by atoms with Gasteiger partial charge in [-0.2, -0.15) is 0 Å². The van der Waals surface area contributed by atoms with Gasteiger partial charge in [-0.1, -0.05) is 13.8 Å². The molecule has 5 unspecified atom stereocenters. The van der Waals surface area contributed by atoms with Gasteiger partial charge in [0.2, 0.25) is 0 Å². The number of rotatable bonds is 4. The zero-order chi connectivity index (χ0) is 27.5. The molecule has 0 spiro atoms. The molecule has 2 heterocycles. The first-order valence-corrected chi connectivity index (χ1v) is 16.7. The van der Waals surface area contributed by atoms with Gasteiger partial charge < -0.3 is 53.1 Å². The van der Waals surface area contributed by atoms with Crippen molar-refractivity contribution in [3.63, 3.8) is 0 Å². The lowest BCUT2D eigenvalue weighted by molar-refractivity contribution is -0.954. The monoisotopic (exact) mass is 694 g/mol. The molecule has 0 aromatic heterocycles. The third-order valence-corrected chi connectivity index (χ3v) is 14.3. The third-order valence-electron chi connectivity index (χ3n) is 14.3. The van der Waals surface area contributed by atoms with Crippen molar-refractivity contribution >= 4 is 0 Å². The highest BCUT2D eigenvalue weighted by Crippen LogP contribution is 2.67. The van der Waals surface area contributed by atoms with Crippen molar-refractivity contribution in [2.45, 2.75) is 122 Å². The van der Waals surface area contributed by atoms with Crippen molar-refractivity contribution in [1.29, 1.82) is 0 Å². The summed E-state index contributed by atoms with van der Waals surface area (Å²) < 4.78 is 1.94. The summed E-state index contributed by atoms with van der Waals surface area (Å²) in [6, 6.07) is 0.591. The Hall–Kier alpha value is -0.0800. The molecule has 0 aromatic carbocycles. The lowest BCUT2D eigenvalue weighted by atomic mass is 9.44. The number of terminal acetylenes is 2. The van der Waals surface area contributed by atoms with Crippen LogP contribution in [0.25, 0.3) is 0 Å². The Bertz CT molecular complexity index is 995. The van der Waals surface area contributed by atoms with Crippen LogP contribution in [0.1, 0.15) is 97.3 Å². The number of piperidine rings is 2. The van der Waals surface area contributed by atoms with E-state index in [-0.39, 0.29) is 63.0 Å². The van der Waals surface area contributed by atoms with E-state index in [0.717, 1.165) is 73.9 Å². The van der Waals surface area contributed by atoms with Crippen LogP contribution in [-0.2, 0) is 0 Å². The molecule has 0 aromatic rings. The second-order valence-corrected chi connectivity index (χ2v) is 15.7. The minimum atomic E-state index is -0.237. The van der Waals surface area contributed by atoms with Gasteiger partial charge in [-0.3, -0.25) is 0 Å². The molecule has 6 fully saturated rings. The summed E-state index contributed by atoms with van der Waals surface area (Å²) in [5.41, 5.74) is 0.286. The predicted octanol–water partition coefficient (Wildman–Crippen LogP) is -1.02. The average molecular weight is 697 g/mol. The van der Waals surface area contributed by atoms with Crippen LogP contribution in [0.15, 0.2) is 0 Å². The number of hydrogen-bond donors (Lipinski definition) is 2. The largest absolute Gasteiger partial charge is 1.00 e. The molecular formula is C35H56Br2N2O2. The second kappa shape index (κ2) is 12.7. The van der Waals surface area contributed by atoms with Gasteiger partial charge in [0, 0.05) is 18.3 Å². The summed E-state index contributed by atoms with van der Waals surface area (Å²) in [6.07, 6.45) is 27.3. The predicted molar refractivity (Wildman–Crippen MR) is 157 cm³/mol. The van der Waals surface area contributed by atoms with Gasteiger partial charge in [-0.25, -0.2) is 0 Å². The second-order valence-electron chi connectivity index (χ2n) is 15.7. The van der Waals surface area contributed by atoms with E-state index < -0.39 is 0 Å². The van der Waals surface area contributed by atoms with E-state index >= 15 is 0 Å². The van der Waals surface area contributed by atoms with Crippen molar-refractivity contribution in [2.24, 2.45) is 34.5 Å². The van der Waals surface area contributed by atoms with Crippen LogP contribution in [0.3, 0.4) is 0 Å². The Kier molecular flexibility index (Phi) is 10.5. The summed E-state index contributed by atoms with van der Waals surface area (Å²) in [6.45, 7) is 11.2. The van der Waals surface area contributed by atoms with Crippen LogP contribution < -0.4 is 34.0 Å². The number of aliphatic hydroxyl groups is 2. The number of nitrogens with zero attached hydrogens (tertiary/aromatic N) is 2. The summed E-state index contributed by atoms with van der Waals surface area (Å²) in [4.78, 5) is 0. The molecule has 2 saturated heterocycles. The van der Waals surface area contributed by atoms with Gasteiger partial charge in [0.05, 0.1) is 26.2 Å². The Labute approximate surface area is 272 Å². The van der Waals surface area contributed by atoms with Gasteiger partial charge in [-0.05, 0) is 112 Å². The molecule has 4 saturated carbocycles. The first-order valence-electron chi connectivity index (χ1n) is 16.7. The minimum Gasteiger partial charge on any atom is -1.00 e. The maximum Gasteiger partial charge on any atom is 0.140 e.